The Morgan fingerprint density at radius 3 is 2.94 bits per heavy atom. The summed E-state index contributed by atoms with van der Waals surface area (Å²) in [5, 5.41) is 7.41. The van der Waals surface area contributed by atoms with Gasteiger partial charge >= 0.3 is 0 Å². The quantitative estimate of drug-likeness (QED) is 0.430. The van der Waals surface area contributed by atoms with Gasteiger partial charge in [-0.3, -0.25) is 9.89 Å². The van der Waals surface area contributed by atoms with Crippen LogP contribution >= 0.6 is 11.6 Å². The molecule has 1 aliphatic rings. The molecular weight excluding hydrogens is 445 g/mol. The van der Waals surface area contributed by atoms with E-state index in [1.807, 2.05) is 43.1 Å². The van der Waals surface area contributed by atoms with E-state index < -0.39 is 5.95 Å². The van der Waals surface area contributed by atoms with Gasteiger partial charge in [0.2, 0.25) is 5.95 Å². The number of carbonyl (C=O) groups is 1. The molecular formula is C24H23ClFN5O2. The first-order valence-corrected chi connectivity index (χ1v) is 11.1. The molecule has 0 amide bonds. The minimum atomic E-state index is -0.541. The largest absolute Gasteiger partial charge is 0.493 e. The number of hydrogen-bond acceptors (Lipinski definition) is 5. The van der Waals surface area contributed by atoms with Crippen molar-refractivity contribution in [2.45, 2.75) is 13.0 Å². The fourth-order valence-electron chi connectivity index (χ4n) is 4.19. The highest BCUT2D eigenvalue weighted by Crippen LogP contribution is 2.33. The zero-order valence-electron chi connectivity index (χ0n) is 18.3. The van der Waals surface area contributed by atoms with Crippen LogP contribution in [0.5, 0.6) is 5.75 Å². The van der Waals surface area contributed by atoms with Gasteiger partial charge in [-0.05, 0) is 56.4 Å². The molecule has 33 heavy (non-hydrogen) atoms. The van der Waals surface area contributed by atoms with Crippen molar-refractivity contribution in [1.29, 1.82) is 0 Å². The summed E-state index contributed by atoms with van der Waals surface area (Å²) in [5.74, 6) is -0.0975. The van der Waals surface area contributed by atoms with E-state index in [2.05, 4.69) is 15.1 Å². The van der Waals surface area contributed by atoms with Crippen LogP contribution in [0.15, 0.2) is 42.7 Å². The van der Waals surface area contributed by atoms with E-state index >= 15 is 0 Å². The molecule has 1 unspecified atom stereocenters. The molecule has 0 saturated carbocycles. The van der Waals surface area contributed by atoms with Crippen molar-refractivity contribution in [2.75, 3.05) is 27.2 Å². The predicted octanol–water partition coefficient (Wildman–Crippen LogP) is 4.21. The number of aromatic nitrogens is 4. The lowest BCUT2D eigenvalue weighted by Gasteiger charge is -2.24. The smallest absolute Gasteiger partial charge is 0.218 e. The molecule has 4 aromatic rings. The summed E-state index contributed by atoms with van der Waals surface area (Å²) in [6, 6.07) is 9.02. The number of nitrogens with one attached hydrogen (secondary N) is 1. The highest BCUT2D eigenvalue weighted by molar-refractivity contribution is 6.30. The molecule has 3 aromatic heterocycles. The van der Waals surface area contributed by atoms with Crippen molar-refractivity contribution >= 4 is 28.4 Å². The van der Waals surface area contributed by atoms with Gasteiger partial charge in [0, 0.05) is 35.3 Å². The van der Waals surface area contributed by atoms with Crippen LogP contribution in [0.4, 0.5) is 4.39 Å². The Kier molecular flexibility index (Phi) is 5.64. The van der Waals surface area contributed by atoms with Gasteiger partial charge in [-0.15, -0.1) is 0 Å². The molecule has 9 heteroatoms. The number of H-pyrrole nitrogens is 1. The number of rotatable bonds is 6. The van der Waals surface area contributed by atoms with E-state index in [-0.39, 0.29) is 11.7 Å². The number of fused-ring (bicyclic) bond motifs is 2. The molecule has 1 atom stereocenters. The van der Waals surface area contributed by atoms with Gasteiger partial charge in [0.05, 0.1) is 30.0 Å². The standard InChI is InChI=1S/C24H23ClFN5O2/c1-30(2)7-8-31-12-19(17-4-5-20(28-24(17)31)18-11-27-29-23(18)26)22(32)15-9-14-10-16(25)3-6-21(14)33-13-15/h3-6,10-12,15H,7-9,13H2,1-2H3,(H,27,29). The third kappa shape index (κ3) is 4.12. The average Bonchev–Trinajstić information content (AvgIpc) is 3.39. The fraction of sp³-hybridized carbons (Fsp3) is 0.292. The van der Waals surface area contributed by atoms with Crippen LogP contribution in [0.1, 0.15) is 15.9 Å². The summed E-state index contributed by atoms with van der Waals surface area (Å²) >= 11 is 6.14. The van der Waals surface area contributed by atoms with Gasteiger partial charge in [0.15, 0.2) is 5.78 Å². The Morgan fingerprint density at radius 2 is 2.18 bits per heavy atom. The molecule has 0 radical (unpaired) electrons. The third-order valence-electron chi connectivity index (χ3n) is 5.94. The van der Waals surface area contributed by atoms with Gasteiger partial charge in [-0.25, -0.2) is 4.98 Å². The van der Waals surface area contributed by atoms with Gasteiger partial charge < -0.3 is 14.2 Å². The first-order valence-electron chi connectivity index (χ1n) is 10.7. The third-order valence-corrected chi connectivity index (χ3v) is 6.18. The van der Waals surface area contributed by atoms with Gasteiger partial charge in [-0.2, -0.15) is 9.49 Å². The number of ether oxygens (including phenoxy) is 1. The second-order valence-electron chi connectivity index (χ2n) is 8.53. The fourth-order valence-corrected chi connectivity index (χ4v) is 4.38. The predicted molar refractivity (Wildman–Crippen MR) is 124 cm³/mol. The Hall–Kier alpha value is -3.23. The van der Waals surface area contributed by atoms with Crippen LogP contribution in [0, 0.1) is 11.9 Å². The Morgan fingerprint density at radius 1 is 1.33 bits per heavy atom. The molecule has 0 aliphatic carbocycles. The Labute approximate surface area is 195 Å². The van der Waals surface area contributed by atoms with E-state index in [0.717, 1.165) is 23.2 Å². The molecule has 7 nitrogen and oxygen atoms in total. The topological polar surface area (TPSA) is 76.0 Å². The van der Waals surface area contributed by atoms with Crippen LogP contribution in [-0.4, -0.2) is 57.7 Å². The lowest BCUT2D eigenvalue weighted by molar-refractivity contribution is 0.0856. The molecule has 1 N–H and O–H groups in total. The van der Waals surface area contributed by atoms with Crippen LogP contribution < -0.4 is 4.74 Å². The molecule has 0 fully saturated rings. The minimum Gasteiger partial charge on any atom is -0.493 e. The highest BCUT2D eigenvalue weighted by atomic mass is 35.5. The molecule has 170 valence electrons. The monoisotopic (exact) mass is 467 g/mol. The molecule has 5 rings (SSSR count). The maximum atomic E-state index is 14.1. The number of halogens is 2. The van der Waals surface area contributed by atoms with E-state index in [1.165, 1.54) is 6.20 Å². The van der Waals surface area contributed by atoms with E-state index in [1.54, 1.807) is 12.1 Å². The Bertz CT molecular complexity index is 1350. The summed E-state index contributed by atoms with van der Waals surface area (Å²) < 4.78 is 21.9. The van der Waals surface area contributed by atoms with Crippen LogP contribution in [-0.2, 0) is 13.0 Å². The normalized spacial score (nSPS) is 15.6. The number of ketones is 1. The number of benzene rings is 1. The van der Waals surface area contributed by atoms with Crippen molar-refractivity contribution in [1.82, 2.24) is 24.6 Å². The summed E-state index contributed by atoms with van der Waals surface area (Å²) in [6.07, 6.45) is 3.82. The van der Waals surface area contributed by atoms with Crippen molar-refractivity contribution in [3.63, 3.8) is 0 Å². The van der Waals surface area contributed by atoms with Crippen molar-refractivity contribution in [2.24, 2.45) is 5.92 Å². The highest BCUT2D eigenvalue weighted by Gasteiger charge is 2.29. The first kappa shape index (κ1) is 21.6. The first-order chi connectivity index (χ1) is 15.9. The summed E-state index contributed by atoms with van der Waals surface area (Å²) in [6.45, 7) is 1.71. The number of hydrogen-bond donors (Lipinski definition) is 1. The van der Waals surface area contributed by atoms with Crippen molar-refractivity contribution < 1.29 is 13.9 Å². The molecule has 1 aromatic carbocycles. The molecule has 4 heterocycles. The lowest BCUT2D eigenvalue weighted by Crippen LogP contribution is -2.28. The van der Waals surface area contributed by atoms with E-state index in [4.69, 9.17) is 21.3 Å². The SMILES string of the molecule is CN(C)CCn1cc(C(=O)C2COc3ccc(Cl)cc3C2)c2ccc(-c3cn[nH]c3F)nc21. The zero-order valence-corrected chi connectivity index (χ0v) is 19.1. The molecule has 0 saturated heterocycles. The maximum absolute atomic E-state index is 14.1. The molecule has 1 aliphatic heterocycles. The number of nitrogens with zero attached hydrogens (tertiary/aromatic N) is 4. The van der Waals surface area contributed by atoms with Crippen LogP contribution in [0.25, 0.3) is 22.3 Å². The second kappa shape index (κ2) is 8.61. The van der Waals surface area contributed by atoms with Crippen LogP contribution in [0.3, 0.4) is 0 Å². The molecule has 0 bridgehead atoms. The maximum Gasteiger partial charge on any atom is 0.218 e. The number of pyridine rings is 1. The lowest BCUT2D eigenvalue weighted by atomic mass is 9.90. The molecule has 0 spiro atoms. The number of carbonyl (C=O) groups excluding carboxylic acids is 1. The van der Waals surface area contributed by atoms with Gasteiger partial charge in [0.25, 0.3) is 0 Å². The number of Topliss-reactive ketones (excluding diaryl/α,β-unsaturated/α-hetero) is 1. The van der Waals surface area contributed by atoms with E-state index in [0.29, 0.717) is 47.1 Å². The van der Waals surface area contributed by atoms with Crippen molar-refractivity contribution in [3.8, 4) is 17.0 Å². The number of aromatic amines is 1. The zero-order chi connectivity index (χ0) is 23.1. The van der Waals surface area contributed by atoms with Gasteiger partial charge in [-0.1, -0.05) is 11.6 Å². The number of likely N-dealkylation sites (N-methyl/N-ethyl adjacent to an activating group) is 1. The summed E-state index contributed by atoms with van der Waals surface area (Å²) in [5.41, 5.74) is 2.91. The summed E-state index contributed by atoms with van der Waals surface area (Å²) in [7, 11) is 3.97. The van der Waals surface area contributed by atoms with Crippen LogP contribution in [0.2, 0.25) is 5.02 Å². The summed E-state index contributed by atoms with van der Waals surface area (Å²) in [4.78, 5) is 20.3. The van der Waals surface area contributed by atoms with Crippen molar-refractivity contribution in [3.05, 3.63) is 64.8 Å². The average molecular weight is 468 g/mol. The Balaban J connectivity index is 1.53. The van der Waals surface area contributed by atoms with E-state index in [9.17, 15) is 9.18 Å². The van der Waals surface area contributed by atoms with Gasteiger partial charge in [0.1, 0.15) is 11.4 Å². The second-order valence-corrected chi connectivity index (χ2v) is 8.97. The minimum absolute atomic E-state index is 0.00160.